The number of halogens is 1. The SMILES string of the molecule is CC(C)C(CNC(=O)C1(c2ccc(Cl)cc2)CC1)C(C)C. The normalized spacial score (nSPS) is 16.6. The maximum absolute atomic E-state index is 12.6. The van der Waals surface area contributed by atoms with Crippen LogP contribution in [0.25, 0.3) is 0 Å². The average Bonchev–Trinajstić information content (AvgIpc) is 3.20. The standard InChI is InChI=1S/C18H26ClNO/c1-12(2)16(13(3)4)11-20-17(21)18(9-10-18)14-5-7-15(19)8-6-14/h5-8,12-13,16H,9-11H2,1-4H3,(H,20,21). The van der Waals surface area contributed by atoms with Gasteiger partial charge in [-0.25, -0.2) is 0 Å². The van der Waals surface area contributed by atoms with Gasteiger partial charge in [0.1, 0.15) is 0 Å². The number of carbonyl (C=O) groups excluding carboxylic acids is 1. The van der Waals surface area contributed by atoms with Crippen molar-refractivity contribution >= 4 is 17.5 Å². The van der Waals surface area contributed by atoms with Crippen molar-refractivity contribution in [1.29, 1.82) is 0 Å². The minimum absolute atomic E-state index is 0.177. The van der Waals surface area contributed by atoms with Crippen LogP contribution in [-0.2, 0) is 10.2 Å². The van der Waals surface area contributed by atoms with Gasteiger partial charge in [-0.15, -0.1) is 0 Å². The Bertz CT molecular complexity index is 480. The minimum Gasteiger partial charge on any atom is -0.355 e. The van der Waals surface area contributed by atoms with Gasteiger partial charge in [-0.1, -0.05) is 51.4 Å². The molecule has 0 aromatic heterocycles. The van der Waals surface area contributed by atoms with Crippen LogP contribution in [0, 0.1) is 17.8 Å². The molecule has 1 saturated carbocycles. The van der Waals surface area contributed by atoms with Gasteiger partial charge >= 0.3 is 0 Å². The van der Waals surface area contributed by atoms with Gasteiger partial charge in [-0.05, 0) is 48.3 Å². The zero-order valence-corrected chi connectivity index (χ0v) is 14.2. The van der Waals surface area contributed by atoms with E-state index in [0.29, 0.717) is 17.8 Å². The summed E-state index contributed by atoms with van der Waals surface area (Å²) in [5.74, 6) is 1.86. The molecule has 1 aliphatic carbocycles. The highest BCUT2D eigenvalue weighted by Gasteiger charge is 2.51. The lowest BCUT2D eigenvalue weighted by Gasteiger charge is -2.26. The molecule has 0 atom stereocenters. The monoisotopic (exact) mass is 307 g/mol. The van der Waals surface area contributed by atoms with E-state index in [-0.39, 0.29) is 11.3 Å². The first-order chi connectivity index (χ1) is 9.86. The molecule has 116 valence electrons. The first-order valence-corrected chi connectivity index (χ1v) is 8.29. The van der Waals surface area contributed by atoms with Gasteiger partial charge in [0.05, 0.1) is 5.41 Å². The maximum Gasteiger partial charge on any atom is 0.230 e. The van der Waals surface area contributed by atoms with E-state index in [1.807, 2.05) is 24.3 Å². The summed E-state index contributed by atoms with van der Waals surface area (Å²) in [7, 11) is 0. The van der Waals surface area contributed by atoms with Gasteiger partial charge in [-0.2, -0.15) is 0 Å². The minimum atomic E-state index is -0.302. The van der Waals surface area contributed by atoms with E-state index in [2.05, 4.69) is 33.0 Å². The summed E-state index contributed by atoms with van der Waals surface area (Å²) in [6.07, 6.45) is 1.88. The Morgan fingerprint density at radius 3 is 2.10 bits per heavy atom. The molecule has 1 aromatic carbocycles. The lowest BCUT2D eigenvalue weighted by molar-refractivity contribution is -0.123. The molecule has 0 bridgehead atoms. The Morgan fingerprint density at radius 2 is 1.67 bits per heavy atom. The van der Waals surface area contributed by atoms with Crippen LogP contribution >= 0.6 is 11.6 Å². The number of hydrogen-bond acceptors (Lipinski definition) is 1. The zero-order valence-electron chi connectivity index (χ0n) is 13.4. The van der Waals surface area contributed by atoms with E-state index < -0.39 is 0 Å². The van der Waals surface area contributed by atoms with Crippen molar-refractivity contribution in [3.63, 3.8) is 0 Å². The number of nitrogens with one attached hydrogen (secondary N) is 1. The lowest BCUT2D eigenvalue weighted by Crippen LogP contribution is -2.39. The maximum atomic E-state index is 12.6. The fourth-order valence-electron chi connectivity index (χ4n) is 3.16. The topological polar surface area (TPSA) is 29.1 Å². The summed E-state index contributed by atoms with van der Waals surface area (Å²) < 4.78 is 0. The Balaban J connectivity index is 2.01. The second-order valence-electron chi connectivity index (χ2n) is 6.95. The number of carbonyl (C=O) groups is 1. The largest absolute Gasteiger partial charge is 0.355 e. The predicted octanol–water partition coefficient (Wildman–Crippen LogP) is 4.42. The van der Waals surface area contributed by atoms with Gasteiger partial charge in [0, 0.05) is 11.6 Å². The van der Waals surface area contributed by atoms with Gasteiger partial charge in [-0.3, -0.25) is 4.79 Å². The van der Waals surface area contributed by atoms with E-state index in [9.17, 15) is 4.79 Å². The molecule has 1 fully saturated rings. The number of rotatable bonds is 6. The third-order valence-corrected chi connectivity index (χ3v) is 5.04. The quantitative estimate of drug-likeness (QED) is 0.828. The molecule has 0 aliphatic heterocycles. The van der Waals surface area contributed by atoms with Crippen molar-refractivity contribution in [1.82, 2.24) is 5.32 Å². The van der Waals surface area contributed by atoms with Crippen molar-refractivity contribution in [2.24, 2.45) is 17.8 Å². The molecule has 1 amide bonds. The summed E-state index contributed by atoms with van der Waals surface area (Å²) >= 11 is 5.93. The van der Waals surface area contributed by atoms with Gasteiger partial charge < -0.3 is 5.32 Å². The van der Waals surface area contributed by atoms with Crippen molar-refractivity contribution < 1.29 is 4.79 Å². The van der Waals surface area contributed by atoms with E-state index in [0.717, 1.165) is 30.0 Å². The fourth-order valence-corrected chi connectivity index (χ4v) is 3.29. The van der Waals surface area contributed by atoms with Gasteiger partial charge in [0.25, 0.3) is 0 Å². The van der Waals surface area contributed by atoms with Gasteiger partial charge in [0.2, 0.25) is 5.91 Å². The molecule has 0 spiro atoms. The van der Waals surface area contributed by atoms with Crippen LogP contribution < -0.4 is 5.32 Å². The molecule has 0 radical (unpaired) electrons. The molecule has 1 aromatic rings. The Hall–Kier alpha value is -1.02. The third-order valence-electron chi connectivity index (χ3n) is 4.79. The summed E-state index contributed by atoms with van der Waals surface area (Å²) in [6.45, 7) is 9.67. The fraction of sp³-hybridized carbons (Fsp3) is 0.611. The zero-order chi connectivity index (χ0) is 15.6. The molecule has 1 N–H and O–H groups in total. The van der Waals surface area contributed by atoms with Crippen LogP contribution in [0.1, 0.15) is 46.1 Å². The number of amides is 1. The second-order valence-corrected chi connectivity index (χ2v) is 7.39. The van der Waals surface area contributed by atoms with Crippen LogP contribution in [0.4, 0.5) is 0 Å². The summed E-state index contributed by atoms with van der Waals surface area (Å²) in [5.41, 5.74) is 0.790. The molecule has 0 saturated heterocycles. The van der Waals surface area contributed by atoms with Crippen LogP contribution in [0.2, 0.25) is 5.02 Å². The van der Waals surface area contributed by atoms with E-state index >= 15 is 0 Å². The van der Waals surface area contributed by atoms with Crippen LogP contribution in [-0.4, -0.2) is 12.5 Å². The number of benzene rings is 1. The molecular weight excluding hydrogens is 282 g/mol. The number of hydrogen-bond donors (Lipinski definition) is 1. The highest BCUT2D eigenvalue weighted by molar-refractivity contribution is 6.30. The summed E-state index contributed by atoms with van der Waals surface area (Å²) in [5, 5.41) is 3.91. The highest BCUT2D eigenvalue weighted by Crippen LogP contribution is 2.48. The van der Waals surface area contributed by atoms with E-state index in [1.54, 1.807) is 0 Å². The molecule has 3 heteroatoms. The second kappa shape index (κ2) is 6.39. The predicted molar refractivity (Wildman–Crippen MR) is 88.5 cm³/mol. The highest BCUT2D eigenvalue weighted by atomic mass is 35.5. The van der Waals surface area contributed by atoms with Gasteiger partial charge in [0.15, 0.2) is 0 Å². The third kappa shape index (κ3) is 3.60. The average molecular weight is 308 g/mol. The molecule has 2 rings (SSSR count). The van der Waals surface area contributed by atoms with Crippen molar-refractivity contribution in [3.8, 4) is 0 Å². The lowest BCUT2D eigenvalue weighted by atomic mass is 9.85. The molecule has 0 heterocycles. The van der Waals surface area contributed by atoms with E-state index in [1.165, 1.54) is 0 Å². The van der Waals surface area contributed by atoms with Crippen LogP contribution in [0.5, 0.6) is 0 Å². The van der Waals surface area contributed by atoms with Crippen molar-refractivity contribution in [2.75, 3.05) is 6.54 Å². The van der Waals surface area contributed by atoms with Crippen molar-refractivity contribution in [3.05, 3.63) is 34.9 Å². The molecule has 2 nitrogen and oxygen atoms in total. The molecule has 1 aliphatic rings. The Labute approximate surface area is 133 Å². The molecular formula is C18H26ClNO. The molecule has 0 unspecified atom stereocenters. The first-order valence-electron chi connectivity index (χ1n) is 7.91. The van der Waals surface area contributed by atoms with Crippen LogP contribution in [0.15, 0.2) is 24.3 Å². The van der Waals surface area contributed by atoms with Crippen molar-refractivity contribution in [2.45, 2.75) is 46.0 Å². The van der Waals surface area contributed by atoms with Crippen LogP contribution in [0.3, 0.4) is 0 Å². The Kier molecular flexibility index (Phi) is 4.98. The smallest absolute Gasteiger partial charge is 0.230 e. The van der Waals surface area contributed by atoms with E-state index in [4.69, 9.17) is 11.6 Å². The molecule has 21 heavy (non-hydrogen) atoms. The summed E-state index contributed by atoms with van der Waals surface area (Å²) in [4.78, 5) is 12.6. The first kappa shape index (κ1) is 16.4. The Morgan fingerprint density at radius 1 is 1.14 bits per heavy atom. The summed E-state index contributed by atoms with van der Waals surface area (Å²) in [6, 6.07) is 7.71.